The van der Waals surface area contributed by atoms with E-state index in [4.69, 9.17) is 4.74 Å². The summed E-state index contributed by atoms with van der Waals surface area (Å²) in [6, 6.07) is 12.2. The highest BCUT2D eigenvalue weighted by atomic mass is 32.2. The van der Waals surface area contributed by atoms with Crippen molar-refractivity contribution >= 4 is 29.4 Å². The number of nitrogens with zero attached hydrogens (tertiary/aromatic N) is 3. The molecule has 160 valence electrons. The number of pyridine rings is 1. The highest BCUT2D eigenvalue weighted by Gasteiger charge is 2.29. The van der Waals surface area contributed by atoms with Crippen LogP contribution in [-0.2, 0) is 4.79 Å². The molecule has 1 N–H and O–H groups in total. The average Bonchev–Trinajstić information content (AvgIpc) is 2.82. The third-order valence-corrected chi connectivity index (χ3v) is 5.77. The van der Waals surface area contributed by atoms with Gasteiger partial charge in [-0.1, -0.05) is 6.07 Å². The van der Waals surface area contributed by atoms with E-state index >= 15 is 0 Å². The van der Waals surface area contributed by atoms with E-state index in [1.165, 1.54) is 0 Å². The summed E-state index contributed by atoms with van der Waals surface area (Å²) in [5.41, 5.74) is 0.512. The number of amides is 2. The standard InChI is InChI=1S/C22H28N4O3S/c1-29-18-8-6-17(7-9-18)21(27)24-19(10-16-30-2)22(28)26-14-12-25(13-15-26)20-5-3-4-11-23-20/h3-9,11,19H,10,12-16H2,1-2H3,(H,24,27). The van der Waals surface area contributed by atoms with Crippen LogP contribution in [0, 0.1) is 0 Å². The zero-order valence-corrected chi connectivity index (χ0v) is 18.2. The normalized spacial score (nSPS) is 14.9. The predicted molar refractivity (Wildman–Crippen MR) is 120 cm³/mol. The van der Waals surface area contributed by atoms with Crippen molar-refractivity contribution in [2.45, 2.75) is 12.5 Å². The second-order valence-corrected chi connectivity index (χ2v) is 8.02. The Morgan fingerprint density at radius 3 is 2.47 bits per heavy atom. The number of nitrogens with one attached hydrogen (secondary N) is 1. The number of piperazine rings is 1. The van der Waals surface area contributed by atoms with E-state index in [-0.39, 0.29) is 11.8 Å². The van der Waals surface area contributed by atoms with Crippen molar-refractivity contribution in [3.8, 4) is 5.75 Å². The van der Waals surface area contributed by atoms with Gasteiger partial charge in [0.2, 0.25) is 5.91 Å². The van der Waals surface area contributed by atoms with E-state index in [2.05, 4.69) is 15.2 Å². The van der Waals surface area contributed by atoms with Gasteiger partial charge in [-0.25, -0.2) is 4.98 Å². The van der Waals surface area contributed by atoms with E-state index in [1.807, 2.05) is 29.4 Å². The first-order valence-corrected chi connectivity index (χ1v) is 11.4. The number of carbonyl (C=O) groups is 2. The molecule has 0 saturated carbocycles. The molecule has 1 atom stereocenters. The maximum absolute atomic E-state index is 13.2. The van der Waals surface area contributed by atoms with Crippen LogP contribution in [0.4, 0.5) is 5.82 Å². The Morgan fingerprint density at radius 2 is 1.87 bits per heavy atom. The summed E-state index contributed by atoms with van der Waals surface area (Å²) in [5, 5.41) is 2.94. The number of carbonyl (C=O) groups excluding carboxylic acids is 2. The fraction of sp³-hybridized carbons (Fsp3) is 0.409. The first kappa shape index (κ1) is 22.0. The first-order chi connectivity index (χ1) is 14.6. The Balaban J connectivity index is 1.61. The van der Waals surface area contributed by atoms with Gasteiger partial charge in [-0.15, -0.1) is 0 Å². The number of methoxy groups -OCH3 is 1. The number of anilines is 1. The van der Waals surface area contributed by atoms with E-state index < -0.39 is 6.04 Å². The van der Waals surface area contributed by atoms with Gasteiger partial charge in [0.15, 0.2) is 0 Å². The molecule has 1 saturated heterocycles. The van der Waals surface area contributed by atoms with Crippen LogP contribution in [0.1, 0.15) is 16.8 Å². The molecule has 1 aromatic carbocycles. The summed E-state index contributed by atoms with van der Waals surface area (Å²) in [4.78, 5) is 34.3. The molecular weight excluding hydrogens is 400 g/mol. The van der Waals surface area contributed by atoms with E-state index in [9.17, 15) is 9.59 Å². The Hall–Kier alpha value is -2.74. The van der Waals surface area contributed by atoms with Crippen LogP contribution in [0.25, 0.3) is 0 Å². The Morgan fingerprint density at radius 1 is 1.13 bits per heavy atom. The lowest BCUT2D eigenvalue weighted by atomic mass is 10.1. The van der Waals surface area contributed by atoms with E-state index in [1.54, 1.807) is 49.3 Å². The SMILES string of the molecule is COc1ccc(C(=O)NC(CCSC)C(=O)N2CCN(c3ccccn3)CC2)cc1. The van der Waals surface area contributed by atoms with Gasteiger partial charge in [-0.05, 0) is 54.8 Å². The number of benzene rings is 1. The molecule has 3 rings (SSSR count). The molecule has 0 spiro atoms. The molecule has 1 aromatic heterocycles. The summed E-state index contributed by atoms with van der Waals surface area (Å²) < 4.78 is 5.14. The quantitative estimate of drug-likeness (QED) is 0.695. The molecule has 1 unspecified atom stereocenters. The number of thioether (sulfide) groups is 1. The van der Waals surface area contributed by atoms with Gasteiger partial charge in [0.25, 0.3) is 5.91 Å². The van der Waals surface area contributed by atoms with Crippen LogP contribution in [-0.4, -0.2) is 73.0 Å². The van der Waals surface area contributed by atoms with Crippen LogP contribution >= 0.6 is 11.8 Å². The molecule has 2 amide bonds. The van der Waals surface area contributed by atoms with Gasteiger partial charge < -0.3 is 19.9 Å². The largest absolute Gasteiger partial charge is 0.497 e. The summed E-state index contributed by atoms with van der Waals surface area (Å²) in [7, 11) is 1.58. The third-order valence-electron chi connectivity index (χ3n) is 5.13. The maximum atomic E-state index is 13.2. The minimum absolute atomic E-state index is 0.0217. The molecule has 1 aliphatic rings. The van der Waals surface area contributed by atoms with Gasteiger partial charge in [0.1, 0.15) is 17.6 Å². The van der Waals surface area contributed by atoms with Gasteiger partial charge in [-0.3, -0.25) is 9.59 Å². The van der Waals surface area contributed by atoms with Crippen molar-refractivity contribution in [2.24, 2.45) is 0 Å². The van der Waals surface area contributed by atoms with Gasteiger partial charge in [0.05, 0.1) is 7.11 Å². The highest BCUT2D eigenvalue weighted by molar-refractivity contribution is 7.98. The van der Waals surface area contributed by atoms with Crippen molar-refractivity contribution in [2.75, 3.05) is 50.2 Å². The minimum Gasteiger partial charge on any atom is -0.497 e. The van der Waals surface area contributed by atoms with Crippen LogP contribution in [0.2, 0.25) is 0 Å². The Bertz CT molecular complexity index is 824. The number of rotatable bonds is 8. The summed E-state index contributed by atoms with van der Waals surface area (Å²) in [6.45, 7) is 2.68. The van der Waals surface area contributed by atoms with Gasteiger partial charge in [0, 0.05) is 37.9 Å². The molecule has 2 aromatic rings. The molecule has 2 heterocycles. The number of hydrogen-bond acceptors (Lipinski definition) is 6. The lowest BCUT2D eigenvalue weighted by molar-refractivity contribution is -0.133. The van der Waals surface area contributed by atoms with Gasteiger partial charge >= 0.3 is 0 Å². The van der Waals surface area contributed by atoms with Crippen molar-refractivity contribution in [1.82, 2.24) is 15.2 Å². The molecule has 0 aliphatic carbocycles. The Kier molecular flexibility index (Phi) is 7.96. The van der Waals surface area contributed by atoms with Crippen molar-refractivity contribution in [1.29, 1.82) is 0 Å². The molecular formula is C22H28N4O3S. The zero-order chi connectivity index (χ0) is 21.3. The van der Waals surface area contributed by atoms with Crippen molar-refractivity contribution < 1.29 is 14.3 Å². The molecule has 1 fully saturated rings. The molecule has 30 heavy (non-hydrogen) atoms. The molecule has 7 nitrogen and oxygen atoms in total. The number of aromatic nitrogens is 1. The van der Waals surface area contributed by atoms with Crippen molar-refractivity contribution in [3.05, 3.63) is 54.2 Å². The Labute approximate surface area is 181 Å². The fourth-order valence-electron chi connectivity index (χ4n) is 3.39. The van der Waals surface area contributed by atoms with Crippen molar-refractivity contribution in [3.63, 3.8) is 0 Å². The van der Waals surface area contributed by atoms with Crippen LogP contribution in [0.5, 0.6) is 5.75 Å². The highest BCUT2D eigenvalue weighted by Crippen LogP contribution is 2.15. The van der Waals surface area contributed by atoms with E-state index in [0.29, 0.717) is 30.8 Å². The molecule has 1 aliphatic heterocycles. The average molecular weight is 429 g/mol. The number of ether oxygens (including phenoxy) is 1. The summed E-state index contributed by atoms with van der Waals surface area (Å²) in [5.74, 6) is 2.15. The van der Waals surface area contributed by atoms with Crippen LogP contribution < -0.4 is 15.0 Å². The lowest BCUT2D eigenvalue weighted by Gasteiger charge is -2.37. The first-order valence-electron chi connectivity index (χ1n) is 10.0. The monoisotopic (exact) mass is 428 g/mol. The van der Waals surface area contributed by atoms with E-state index in [0.717, 1.165) is 24.7 Å². The fourth-order valence-corrected chi connectivity index (χ4v) is 3.87. The number of hydrogen-bond donors (Lipinski definition) is 1. The second kappa shape index (κ2) is 10.9. The second-order valence-electron chi connectivity index (χ2n) is 7.04. The molecule has 0 bridgehead atoms. The predicted octanol–water partition coefficient (Wildman–Crippen LogP) is 2.29. The smallest absolute Gasteiger partial charge is 0.251 e. The van der Waals surface area contributed by atoms with Gasteiger partial charge in [-0.2, -0.15) is 11.8 Å². The summed E-state index contributed by atoms with van der Waals surface area (Å²) >= 11 is 1.66. The summed E-state index contributed by atoms with van der Waals surface area (Å²) in [6.07, 6.45) is 4.38. The minimum atomic E-state index is -0.534. The van der Waals surface area contributed by atoms with Crippen LogP contribution in [0.3, 0.4) is 0 Å². The molecule has 8 heteroatoms. The third kappa shape index (κ3) is 5.66. The topological polar surface area (TPSA) is 74.8 Å². The lowest BCUT2D eigenvalue weighted by Crippen LogP contribution is -2.55. The zero-order valence-electron chi connectivity index (χ0n) is 17.4. The molecule has 0 radical (unpaired) electrons. The van der Waals surface area contributed by atoms with Crippen LogP contribution in [0.15, 0.2) is 48.7 Å². The maximum Gasteiger partial charge on any atom is 0.251 e.